The summed E-state index contributed by atoms with van der Waals surface area (Å²) in [4.78, 5) is 22.7. The molecule has 0 aliphatic heterocycles. The van der Waals surface area contributed by atoms with Gasteiger partial charge >= 0.3 is 5.63 Å². The van der Waals surface area contributed by atoms with Crippen LogP contribution < -0.4 is 16.1 Å². The number of aryl methyl sites for hydroxylation is 1. The standard InChI is InChI=1S/C18H14FNO4/c1-10-13-4-3-12(23-9-21)8-17(13)24-18(22)14(10)6-11-2-5-15(19)16(20)7-11/h2-5,7-9H,6,20H2,1H3. The molecule has 24 heavy (non-hydrogen) atoms. The molecule has 122 valence electrons. The Morgan fingerprint density at radius 2 is 2.04 bits per heavy atom. The van der Waals surface area contributed by atoms with E-state index >= 15 is 0 Å². The van der Waals surface area contributed by atoms with Crippen molar-refractivity contribution in [3.63, 3.8) is 0 Å². The van der Waals surface area contributed by atoms with Gasteiger partial charge in [-0.25, -0.2) is 9.18 Å². The van der Waals surface area contributed by atoms with Gasteiger partial charge < -0.3 is 14.9 Å². The first-order valence-electron chi connectivity index (χ1n) is 7.20. The van der Waals surface area contributed by atoms with E-state index < -0.39 is 11.4 Å². The third-order valence-electron chi connectivity index (χ3n) is 3.88. The second-order valence-electron chi connectivity index (χ2n) is 5.40. The number of halogens is 1. The lowest BCUT2D eigenvalue weighted by Gasteiger charge is -2.09. The van der Waals surface area contributed by atoms with E-state index in [4.69, 9.17) is 14.9 Å². The summed E-state index contributed by atoms with van der Waals surface area (Å²) in [6.07, 6.45) is 0.279. The number of rotatable bonds is 4. The van der Waals surface area contributed by atoms with Crippen LogP contribution in [0.15, 0.2) is 45.6 Å². The molecule has 0 radical (unpaired) electrons. The maximum Gasteiger partial charge on any atom is 0.340 e. The maximum atomic E-state index is 13.3. The highest BCUT2D eigenvalue weighted by molar-refractivity contribution is 5.82. The van der Waals surface area contributed by atoms with Crippen LogP contribution in [-0.2, 0) is 11.2 Å². The fraction of sp³-hybridized carbons (Fsp3) is 0.111. The molecular formula is C18H14FNO4. The lowest BCUT2D eigenvalue weighted by atomic mass is 9.99. The molecule has 3 aromatic rings. The Morgan fingerprint density at radius 3 is 2.75 bits per heavy atom. The summed E-state index contributed by atoms with van der Waals surface area (Å²) in [7, 11) is 0. The molecule has 2 aromatic carbocycles. The molecule has 0 saturated carbocycles. The zero-order chi connectivity index (χ0) is 17.3. The highest BCUT2D eigenvalue weighted by atomic mass is 19.1. The van der Waals surface area contributed by atoms with Crippen molar-refractivity contribution >= 4 is 23.1 Å². The zero-order valence-electron chi connectivity index (χ0n) is 12.8. The first kappa shape index (κ1) is 15.7. The van der Waals surface area contributed by atoms with Gasteiger partial charge in [-0.05, 0) is 42.3 Å². The van der Waals surface area contributed by atoms with Crippen LogP contribution >= 0.6 is 0 Å². The van der Waals surface area contributed by atoms with Crippen molar-refractivity contribution in [2.75, 3.05) is 5.73 Å². The maximum absolute atomic E-state index is 13.3. The summed E-state index contributed by atoms with van der Waals surface area (Å²) in [6.45, 7) is 2.11. The number of fused-ring (bicyclic) bond motifs is 1. The first-order chi connectivity index (χ1) is 11.5. The predicted molar refractivity (Wildman–Crippen MR) is 87.5 cm³/mol. The fourth-order valence-corrected chi connectivity index (χ4v) is 2.61. The summed E-state index contributed by atoms with van der Waals surface area (Å²) in [5.41, 5.74) is 7.37. The van der Waals surface area contributed by atoms with Crippen LogP contribution in [0.2, 0.25) is 0 Å². The van der Waals surface area contributed by atoms with Crippen molar-refractivity contribution in [3.8, 4) is 5.75 Å². The topological polar surface area (TPSA) is 82.5 Å². The SMILES string of the molecule is Cc1c(Cc2ccc(F)c(N)c2)c(=O)oc2cc(OC=O)ccc12. The van der Waals surface area contributed by atoms with E-state index in [-0.39, 0.29) is 12.1 Å². The zero-order valence-corrected chi connectivity index (χ0v) is 12.8. The van der Waals surface area contributed by atoms with Gasteiger partial charge in [-0.15, -0.1) is 0 Å². The van der Waals surface area contributed by atoms with Crippen LogP contribution in [0, 0.1) is 12.7 Å². The number of carbonyl (C=O) groups excluding carboxylic acids is 1. The number of anilines is 1. The Hall–Kier alpha value is -3.15. The minimum Gasteiger partial charge on any atom is -0.429 e. The van der Waals surface area contributed by atoms with Crippen LogP contribution in [0.4, 0.5) is 10.1 Å². The second kappa shape index (κ2) is 6.16. The van der Waals surface area contributed by atoms with E-state index in [2.05, 4.69) is 0 Å². The molecule has 1 heterocycles. The van der Waals surface area contributed by atoms with Gasteiger partial charge in [-0.1, -0.05) is 6.07 Å². The fourth-order valence-electron chi connectivity index (χ4n) is 2.61. The molecule has 2 N–H and O–H groups in total. The quantitative estimate of drug-likeness (QED) is 0.452. The number of benzene rings is 2. The minimum atomic E-state index is -0.497. The predicted octanol–water partition coefficient (Wildman–Crippen LogP) is 2.95. The first-order valence-corrected chi connectivity index (χ1v) is 7.20. The molecule has 0 amide bonds. The van der Waals surface area contributed by atoms with Crippen molar-refractivity contribution < 1.29 is 18.3 Å². The molecule has 0 spiro atoms. The molecule has 0 aliphatic rings. The van der Waals surface area contributed by atoms with Gasteiger partial charge in [0.1, 0.15) is 17.1 Å². The summed E-state index contributed by atoms with van der Waals surface area (Å²) in [5, 5.41) is 0.734. The average molecular weight is 327 g/mol. The van der Waals surface area contributed by atoms with E-state index in [0.717, 1.165) is 10.9 Å². The average Bonchev–Trinajstić information content (AvgIpc) is 2.55. The molecule has 1 aromatic heterocycles. The van der Waals surface area contributed by atoms with Crippen LogP contribution in [0.5, 0.6) is 5.75 Å². The minimum absolute atomic E-state index is 0.0333. The molecule has 0 bridgehead atoms. The smallest absolute Gasteiger partial charge is 0.340 e. The van der Waals surface area contributed by atoms with Gasteiger partial charge in [0.05, 0.1) is 5.69 Å². The van der Waals surface area contributed by atoms with E-state index in [1.807, 2.05) is 6.92 Å². The van der Waals surface area contributed by atoms with Crippen LogP contribution in [0.1, 0.15) is 16.7 Å². The molecule has 0 atom stereocenters. The third-order valence-corrected chi connectivity index (χ3v) is 3.88. The van der Waals surface area contributed by atoms with Gasteiger partial charge in [0.15, 0.2) is 0 Å². The molecular weight excluding hydrogens is 313 g/mol. The van der Waals surface area contributed by atoms with Gasteiger partial charge in [-0.3, -0.25) is 4.79 Å². The van der Waals surface area contributed by atoms with Gasteiger partial charge in [0.2, 0.25) is 0 Å². The Labute approximate surface area is 136 Å². The number of nitrogens with two attached hydrogens (primary N) is 1. The lowest BCUT2D eigenvalue weighted by Crippen LogP contribution is -2.11. The number of hydrogen-bond acceptors (Lipinski definition) is 5. The Kier molecular flexibility index (Phi) is 4.04. The second-order valence-corrected chi connectivity index (χ2v) is 5.40. The van der Waals surface area contributed by atoms with E-state index in [9.17, 15) is 14.0 Å². The lowest BCUT2D eigenvalue weighted by molar-refractivity contribution is -0.120. The Bertz CT molecular complexity index is 994. The Morgan fingerprint density at radius 1 is 1.25 bits per heavy atom. The summed E-state index contributed by atoms with van der Waals surface area (Å²) in [6, 6.07) is 9.16. The molecule has 5 nitrogen and oxygen atoms in total. The normalized spacial score (nSPS) is 10.8. The summed E-state index contributed by atoms with van der Waals surface area (Å²) >= 11 is 0. The summed E-state index contributed by atoms with van der Waals surface area (Å²) in [5.74, 6) is -0.206. The highest BCUT2D eigenvalue weighted by Crippen LogP contribution is 2.25. The van der Waals surface area contributed by atoms with E-state index in [0.29, 0.717) is 28.9 Å². The molecule has 0 fully saturated rings. The molecule has 6 heteroatoms. The summed E-state index contributed by atoms with van der Waals surface area (Å²) < 4.78 is 23.3. The highest BCUT2D eigenvalue weighted by Gasteiger charge is 2.13. The number of nitrogen functional groups attached to an aromatic ring is 1. The Balaban J connectivity index is 2.08. The van der Waals surface area contributed by atoms with Crippen LogP contribution in [0.25, 0.3) is 11.0 Å². The van der Waals surface area contributed by atoms with Gasteiger partial charge in [0, 0.05) is 23.4 Å². The van der Waals surface area contributed by atoms with Gasteiger partial charge in [0.25, 0.3) is 6.47 Å². The van der Waals surface area contributed by atoms with Crippen LogP contribution in [0.3, 0.4) is 0 Å². The number of ether oxygens (including phenoxy) is 1. The monoisotopic (exact) mass is 327 g/mol. The molecule has 0 unspecified atom stereocenters. The molecule has 0 saturated heterocycles. The number of hydrogen-bond donors (Lipinski definition) is 1. The van der Waals surface area contributed by atoms with Crippen LogP contribution in [-0.4, -0.2) is 6.47 Å². The molecule has 3 rings (SSSR count). The van der Waals surface area contributed by atoms with Crippen molar-refractivity contribution in [1.29, 1.82) is 0 Å². The van der Waals surface area contributed by atoms with Crippen molar-refractivity contribution in [3.05, 3.63) is 69.3 Å². The molecule has 0 aliphatic carbocycles. The largest absolute Gasteiger partial charge is 0.429 e. The van der Waals surface area contributed by atoms with Crippen molar-refractivity contribution in [2.45, 2.75) is 13.3 Å². The van der Waals surface area contributed by atoms with Crippen molar-refractivity contribution in [2.24, 2.45) is 0 Å². The number of carbonyl (C=O) groups is 1. The van der Waals surface area contributed by atoms with Crippen molar-refractivity contribution in [1.82, 2.24) is 0 Å². The van der Waals surface area contributed by atoms with E-state index in [1.165, 1.54) is 18.2 Å². The third kappa shape index (κ3) is 2.86. The van der Waals surface area contributed by atoms with E-state index in [1.54, 1.807) is 18.2 Å². The van der Waals surface area contributed by atoms with Gasteiger partial charge in [-0.2, -0.15) is 0 Å².